The summed E-state index contributed by atoms with van der Waals surface area (Å²) in [5, 5.41) is 18.7. The van der Waals surface area contributed by atoms with E-state index in [0.29, 0.717) is 38.5 Å². The van der Waals surface area contributed by atoms with E-state index < -0.39 is 35.1 Å². The lowest BCUT2D eigenvalue weighted by atomic mass is 9.93. The van der Waals surface area contributed by atoms with Crippen LogP contribution >= 0.6 is 0 Å². The Morgan fingerprint density at radius 3 is 2.02 bits per heavy atom. The van der Waals surface area contributed by atoms with Crippen molar-refractivity contribution in [2.75, 3.05) is 19.8 Å². The summed E-state index contributed by atoms with van der Waals surface area (Å²) in [6, 6.07) is 15.2. The van der Waals surface area contributed by atoms with E-state index in [4.69, 9.17) is 9.47 Å². The number of aliphatic hydroxyl groups excluding tert-OH is 1. The van der Waals surface area contributed by atoms with E-state index in [1.165, 1.54) is 0 Å². The van der Waals surface area contributed by atoms with Crippen molar-refractivity contribution in [2.45, 2.75) is 100 Å². The highest BCUT2D eigenvalue weighted by atomic mass is 16.6. The van der Waals surface area contributed by atoms with Gasteiger partial charge in [-0.05, 0) is 67.2 Å². The van der Waals surface area contributed by atoms with Crippen LogP contribution in [0.3, 0.4) is 0 Å². The number of benzene rings is 2. The summed E-state index contributed by atoms with van der Waals surface area (Å²) in [5.41, 5.74) is 3.02. The molecule has 10 nitrogen and oxygen atoms in total. The Morgan fingerprint density at radius 1 is 0.840 bits per heavy atom. The quantitative estimate of drug-likeness (QED) is 0.121. The molecule has 2 saturated carbocycles. The highest BCUT2D eigenvalue weighted by molar-refractivity contribution is 5.87. The molecule has 5 rings (SSSR count). The van der Waals surface area contributed by atoms with Crippen LogP contribution in [0.5, 0.6) is 0 Å². The molecular formula is C40H51N3O7. The lowest BCUT2D eigenvalue weighted by Crippen LogP contribution is -2.54. The molecule has 268 valence electrons. The number of allylic oxidation sites excluding steroid dienone is 2. The Morgan fingerprint density at radius 2 is 1.44 bits per heavy atom. The van der Waals surface area contributed by atoms with E-state index in [9.17, 15) is 24.3 Å². The number of aliphatic hydroxyl groups is 1. The number of rotatable bonds is 17. The van der Waals surface area contributed by atoms with Gasteiger partial charge in [0.25, 0.3) is 0 Å². The predicted octanol–water partition coefficient (Wildman–Crippen LogP) is 5.84. The van der Waals surface area contributed by atoms with Crippen molar-refractivity contribution in [1.29, 1.82) is 0 Å². The molecule has 3 aliphatic rings. The van der Waals surface area contributed by atoms with Crippen molar-refractivity contribution in [1.82, 2.24) is 16.0 Å². The average Bonchev–Trinajstić information content (AvgIpc) is 3.86. The minimum Gasteiger partial charge on any atom is -0.462 e. The van der Waals surface area contributed by atoms with Crippen molar-refractivity contribution in [3.8, 4) is 11.1 Å². The van der Waals surface area contributed by atoms with Crippen molar-refractivity contribution in [3.63, 3.8) is 0 Å². The fourth-order valence-electron chi connectivity index (χ4n) is 7.78. The first-order valence-corrected chi connectivity index (χ1v) is 18.0. The minimum absolute atomic E-state index is 0.0385. The Labute approximate surface area is 295 Å². The third-order valence-corrected chi connectivity index (χ3v) is 10.5. The first-order valence-electron chi connectivity index (χ1n) is 18.0. The molecule has 4 N–H and O–H groups in total. The highest BCUT2D eigenvalue weighted by Crippen LogP contribution is 2.44. The van der Waals surface area contributed by atoms with E-state index in [-0.39, 0.29) is 50.4 Å². The predicted molar refractivity (Wildman–Crippen MR) is 191 cm³/mol. The van der Waals surface area contributed by atoms with Gasteiger partial charge in [0.2, 0.25) is 11.8 Å². The summed E-state index contributed by atoms with van der Waals surface area (Å²) in [6.45, 7) is 7.46. The molecule has 2 atom stereocenters. The molecule has 0 unspecified atom stereocenters. The number of esters is 1. The van der Waals surface area contributed by atoms with Crippen LogP contribution < -0.4 is 16.0 Å². The minimum atomic E-state index is -0.968. The zero-order valence-electron chi connectivity index (χ0n) is 28.9. The monoisotopic (exact) mass is 685 g/mol. The summed E-state index contributed by atoms with van der Waals surface area (Å²) < 4.78 is 11.5. The molecule has 0 aromatic heterocycles. The maximum absolute atomic E-state index is 13.6. The van der Waals surface area contributed by atoms with Gasteiger partial charge < -0.3 is 30.5 Å². The summed E-state index contributed by atoms with van der Waals surface area (Å²) in [5.74, 6) is -1.98. The molecule has 0 heterocycles. The van der Waals surface area contributed by atoms with E-state index in [1.807, 2.05) is 36.4 Å². The fraction of sp³-hybridized carbons (Fsp3) is 0.500. The molecule has 50 heavy (non-hydrogen) atoms. The topological polar surface area (TPSA) is 143 Å². The molecule has 0 saturated heterocycles. The van der Waals surface area contributed by atoms with Gasteiger partial charge in [-0.2, -0.15) is 0 Å². The molecule has 2 aromatic rings. The standard InChI is InChI=1S/C40H51N3O7/c1-3-5-19-34(41-38(48)49-25-33-31-17-8-6-15-29(31)30-16-7-9-18-32(30)33)37(47)50-27-40(22-12-13-23-40)43-36(46)28(14-4-2)24-35(45)42-39(26-44)20-10-11-21-39/h3-4,6-9,15-18,28,33-34,44H,1-2,5,10-14,19-27H2,(H,41,48)(H,42,45)(H,43,46)/t28-,34-/m0/s1. The fourth-order valence-corrected chi connectivity index (χ4v) is 7.78. The number of hydrogen-bond donors (Lipinski definition) is 4. The second kappa shape index (κ2) is 17.0. The Bertz CT molecular complexity index is 1500. The number of fused-ring (bicyclic) bond motifs is 3. The maximum atomic E-state index is 13.6. The van der Waals surface area contributed by atoms with Crippen LogP contribution in [0, 0.1) is 5.92 Å². The third kappa shape index (κ3) is 8.82. The van der Waals surface area contributed by atoms with E-state index in [1.54, 1.807) is 12.2 Å². The zero-order chi connectivity index (χ0) is 35.6. The van der Waals surface area contributed by atoms with E-state index >= 15 is 0 Å². The van der Waals surface area contributed by atoms with Crippen LogP contribution in [-0.2, 0) is 23.9 Å². The smallest absolute Gasteiger partial charge is 0.407 e. The number of amides is 3. The van der Waals surface area contributed by atoms with Gasteiger partial charge in [-0.3, -0.25) is 9.59 Å². The number of nitrogens with one attached hydrogen (secondary N) is 3. The molecule has 0 bridgehead atoms. The second-order valence-electron chi connectivity index (χ2n) is 14.1. The molecule has 0 radical (unpaired) electrons. The van der Waals surface area contributed by atoms with Gasteiger partial charge in [-0.1, -0.05) is 86.4 Å². The summed E-state index contributed by atoms with van der Waals surface area (Å²) in [7, 11) is 0. The van der Waals surface area contributed by atoms with Crippen LogP contribution in [0.1, 0.15) is 94.1 Å². The van der Waals surface area contributed by atoms with Gasteiger partial charge >= 0.3 is 12.1 Å². The van der Waals surface area contributed by atoms with Gasteiger partial charge in [0.1, 0.15) is 19.3 Å². The van der Waals surface area contributed by atoms with Gasteiger partial charge in [-0.25, -0.2) is 9.59 Å². The average molecular weight is 686 g/mol. The molecule has 2 fully saturated rings. The molecule has 0 spiro atoms. The van der Waals surface area contributed by atoms with Crippen LogP contribution in [0.25, 0.3) is 11.1 Å². The first-order chi connectivity index (χ1) is 24.2. The van der Waals surface area contributed by atoms with Crippen LogP contribution in [0.2, 0.25) is 0 Å². The van der Waals surface area contributed by atoms with Crippen molar-refractivity contribution >= 4 is 23.9 Å². The van der Waals surface area contributed by atoms with Gasteiger partial charge in [0.05, 0.1) is 23.6 Å². The van der Waals surface area contributed by atoms with Crippen molar-refractivity contribution in [2.24, 2.45) is 5.92 Å². The lowest BCUT2D eigenvalue weighted by Gasteiger charge is -2.33. The van der Waals surface area contributed by atoms with Gasteiger partial charge in [0, 0.05) is 12.3 Å². The highest BCUT2D eigenvalue weighted by Gasteiger charge is 2.40. The Balaban J connectivity index is 1.17. The van der Waals surface area contributed by atoms with Crippen molar-refractivity contribution in [3.05, 3.63) is 85.0 Å². The van der Waals surface area contributed by atoms with Gasteiger partial charge in [0.15, 0.2) is 0 Å². The van der Waals surface area contributed by atoms with E-state index in [0.717, 1.165) is 47.9 Å². The third-order valence-electron chi connectivity index (χ3n) is 10.5. The molecule has 10 heteroatoms. The van der Waals surface area contributed by atoms with E-state index in [2.05, 4.69) is 41.2 Å². The Hall–Kier alpha value is -4.44. The maximum Gasteiger partial charge on any atom is 0.407 e. The number of hydrogen-bond acceptors (Lipinski definition) is 7. The summed E-state index contributed by atoms with van der Waals surface area (Å²) in [6.07, 6.45) is 9.81. The molecular weight excluding hydrogens is 634 g/mol. The SMILES string of the molecule is C=CCC[C@H](NC(=O)OCC1c2ccccc2-c2ccccc21)C(=O)OCC1(NC(=O)[C@@H](CC=C)CC(=O)NC2(CO)CCCC2)CCCC1. The Kier molecular flexibility index (Phi) is 12.5. The summed E-state index contributed by atoms with van der Waals surface area (Å²) in [4.78, 5) is 53.1. The van der Waals surface area contributed by atoms with Crippen LogP contribution in [-0.4, -0.2) is 65.9 Å². The number of ether oxygens (including phenoxy) is 2. The van der Waals surface area contributed by atoms with Crippen molar-refractivity contribution < 1.29 is 33.8 Å². The van der Waals surface area contributed by atoms with Crippen LogP contribution in [0.15, 0.2) is 73.8 Å². The molecule has 3 aliphatic carbocycles. The first kappa shape index (κ1) is 36.8. The molecule has 3 amide bonds. The lowest BCUT2D eigenvalue weighted by molar-refractivity contribution is -0.149. The largest absolute Gasteiger partial charge is 0.462 e. The van der Waals surface area contributed by atoms with Crippen LogP contribution in [0.4, 0.5) is 4.79 Å². The summed E-state index contributed by atoms with van der Waals surface area (Å²) >= 11 is 0. The normalized spacial score (nSPS) is 18.2. The second-order valence-corrected chi connectivity index (χ2v) is 14.1. The molecule has 0 aliphatic heterocycles. The zero-order valence-corrected chi connectivity index (χ0v) is 28.9. The number of carbonyl (C=O) groups excluding carboxylic acids is 4. The number of alkyl carbamates (subject to hydrolysis) is 1. The van der Waals surface area contributed by atoms with Gasteiger partial charge in [-0.15, -0.1) is 13.2 Å². The number of carbonyl (C=O) groups is 4. The molecule has 2 aromatic carbocycles.